The summed E-state index contributed by atoms with van der Waals surface area (Å²) >= 11 is 0. The van der Waals surface area contributed by atoms with Crippen LogP contribution in [0.25, 0.3) is 0 Å². The Balaban J connectivity index is 1.94. The van der Waals surface area contributed by atoms with Crippen LogP contribution < -0.4 is 10.0 Å². The first-order valence-corrected chi connectivity index (χ1v) is 10.0. The van der Waals surface area contributed by atoms with Gasteiger partial charge in [0.05, 0.1) is 11.4 Å². The van der Waals surface area contributed by atoms with E-state index in [0.29, 0.717) is 18.2 Å². The van der Waals surface area contributed by atoms with Gasteiger partial charge in [0, 0.05) is 18.2 Å². The monoisotopic (exact) mass is 363 g/mol. The Hall–Kier alpha value is -1.88. The van der Waals surface area contributed by atoms with Gasteiger partial charge in [-0.25, -0.2) is 8.42 Å². The molecule has 1 heterocycles. The van der Waals surface area contributed by atoms with Crippen molar-refractivity contribution in [3.05, 3.63) is 29.8 Å². The molecule has 1 saturated heterocycles. The molecule has 0 aromatic heterocycles. The van der Waals surface area contributed by atoms with Crippen molar-refractivity contribution < 1.29 is 13.2 Å². The number of rotatable bonds is 8. The second-order valence-electron chi connectivity index (χ2n) is 6.07. The number of nitrogens with one attached hydrogen (secondary N) is 2. The van der Waals surface area contributed by atoms with Crippen LogP contribution in [0.5, 0.6) is 0 Å². The Morgan fingerprint density at radius 3 is 2.48 bits per heavy atom. The van der Waals surface area contributed by atoms with E-state index in [-0.39, 0.29) is 17.3 Å². The van der Waals surface area contributed by atoms with Crippen molar-refractivity contribution in [2.24, 2.45) is 0 Å². The summed E-state index contributed by atoms with van der Waals surface area (Å²) in [5.74, 6) is 2.02. The molecule has 1 fully saturated rings. The summed E-state index contributed by atoms with van der Waals surface area (Å²) in [6.07, 6.45) is 8.48. The van der Waals surface area contributed by atoms with Crippen molar-refractivity contribution in [3.8, 4) is 12.3 Å². The molecule has 1 aromatic carbocycles. The number of nitrogens with zero attached hydrogens (tertiary/aromatic N) is 1. The Bertz CT molecular complexity index is 717. The van der Waals surface area contributed by atoms with Gasteiger partial charge in [0.25, 0.3) is 5.91 Å². The lowest BCUT2D eigenvalue weighted by Gasteiger charge is -2.26. The van der Waals surface area contributed by atoms with Crippen molar-refractivity contribution in [1.29, 1.82) is 0 Å². The molecule has 6 nitrogen and oxygen atoms in total. The highest BCUT2D eigenvalue weighted by Crippen LogP contribution is 2.14. The predicted molar refractivity (Wildman–Crippen MR) is 97.7 cm³/mol. The van der Waals surface area contributed by atoms with Crippen LogP contribution in [0.3, 0.4) is 0 Å². The minimum Gasteiger partial charge on any atom is -0.350 e. The van der Waals surface area contributed by atoms with Gasteiger partial charge in [0.1, 0.15) is 0 Å². The molecule has 1 aromatic rings. The fourth-order valence-corrected chi connectivity index (χ4v) is 3.89. The second kappa shape index (κ2) is 8.99. The van der Waals surface area contributed by atoms with E-state index in [1.165, 1.54) is 37.1 Å². The van der Waals surface area contributed by atoms with E-state index in [0.717, 1.165) is 19.5 Å². The first-order valence-electron chi connectivity index (χ1n) is 8.53. The van der Waals surface area contributed by atoms with Crippen LogP contribution in [0.15, 0.2) is 29.2 Å². The SMILES string of the molecule is C#CCNS(=O)(=O)c1ccc(C(=O)NCC(CC)N2CCCC2)cc1. The first kappa shape index (κ1) is 19.4. The summed E-state index contributed by atoms with van der Waals surface area (Å²) in [6.45, 7) is 4.83. The zero-order valence-corrected chi connectivity index (χ0v) is 15.3. The standard InChI is InChI=1S/C18H25N3O3S/c1-3-11-20-25(23,24)17-9-7-15(8-10-17)18(22)19-14-16(4-2)21-12-5-6-13-21/h1,7-10,16,20H,4-6,11-14H2,2H3,(H,19,22). The van der Waals surface area contributed by atoms with E-state index in [1.54, 1.807) is 0 Å². The number of carbonyl (C=O) groups is 1. The van der Waals surface area contributed by atoms with E-state index in [4.69, 9.17) is 6.42 Å². The van der Waals surface area contributed by atoms with Gasteiger partial charge in [-0.3, -0.25) is 9.69 Å². The summed E-state index contributed by atoms with van der Waals surface area (Å²) in [6, 6.07) is 6.18. The van der Waals surface area contributed by atoms with Gasteiger partial charge in [-0.1, -0.05) is 12.8 Å². The summed E-state index contributed by atoms with van der Waals surface area (Å²) < 4.78 is 26.2. The lowest BCUT2D eigenvalue weighted by atomic mass is 10.1. The van der Waals surface area contributed by atoms with E-state index in [9.17, 15) is 13.2 Å². The molecule has 0 bridgehead atoms. The van der Waals surface area contributed by atoms with Crippen molar-refractivity contribution in [2.45, 2.75) is 37.1 Å². The molecule has 25 heavy (non-hydrogen) atoms. The predicted octanol–water partition coefficient (Wildman–Crippen LogP) is 1.20. The number of likely N-dealkylation sites (tertiary alicyclic amines) is 1. The zero-order chi connectivity index (χ0) is 18.3. The van der Waals surface area contributed by atoms with E-state index in [1.807, 2.05) is 0 Å². The minimum absolute atomic E-state index is 0.0700. The summed E-state index contributed by atoms with van der Waals surface area (Å²) in [4.78, 5) is 14.8. The second-order valence-corrected chi connectivity index (χ2v) is 7.84. The third-order valence-electron chi connectivity index (χ3n) is 4.42. The average molecular weight is 363 g/mol. The molecule has 1 amide bonds. The molecule has 1 atom stereocenters. The van der Waals surface area contributed by atoms with Crippen molar-refractivity contribution in [1.82, 2.24) is 14.9 Å². The van der Waals surface area contributed by atoms with Crippen LogP contribution in [0.2, 0.25) is 0 Å². The Kier molecular flexibility index (Phi) is 7.00. The highest BCUT2D eigenvalue weighted by atomic mass is 32.2. The maximum absolute atomic E-state index is 12.3. The molecule has 1 aliphatic heterocycles. The Morgan fingerprint density at radius 1 is 1.28 bits per heavy atom. The third-order valence-corrected chi connectivity index (χ3v) is 5.83. The number of hydrogen-bond acceptors (Lipinski definition) is 4. The smallest absolute Gasteiger partial charge is 0.251 e. The van der Waals surface area contributed by atoms with E-state index < -0.39 is 10.0 Å². The number of amides is 1. The molecule has 0 aliphatic carbocycles. The molecule has 2 N–H and O–H groups in total. The topological polar surface area (TPSA) is 78.5 Å². The Labute approximate surface area is 150 Å². The normalized spacial score (nSPS) is 16.3. The van der Waals surface area contributed by atoms with Crippen LogP contribution in [0.4, 0.5) is 0 Å². The van der Waals surface area contributed by atoms with Crippen LogP contribution in [0.1, 0.15) is 36.5 Å². The van der Waals surface area contributed by atoms with Crippen molar-refractivity contribution in [3.63, 3.8) is 0 Å². The van der Waals surface area contributed by atoms with Gasteiger partial charge in [-0.05, 0) is 56.6 Å². The van der Waals surface area contributed by atoms with Crippen LogP contribution in [-0.4, -0.2) is 51.4 Å². The summed E-state index contributed by atoms with van der Waals surface area (Å²) in [7, 11) is -3.64. The number of sulfonamides is 1. The largest absolute Gasteiger partial charge is 0.350 e. The molecule has 7 heteroatoms. The van der Waals surface area contributed by atoms with Crippen molar-refractivity contribution in [2.75, 3.05) is 26.2 Å². The molecular formula is C18H25N3O3S. The summed E-state index contributed by atoms with van der Waals surface area (Å²) in [5, 5.41) is 2.95. The van der Waals surface area contributed by atoms with Gasteiger partial charge in [-0.2, -0.15) is 4.72 Å². The van der Waals surface area contributed by atoms with Gasteiger partial charge in [-0.15, -0.1) is 6.42 Å². The number of hydrogen-bond donors (Lipinski definition) is 2. The fourth-order valence-electron chi connectivity index (χ4n) is 2.96. The molecule has 1 unspecified atom stereocenters. The molecule has 2 rings (SSSR count). The molecule has 136 valence electrons. The highest BCUT2D eigenvalue weighted by Gasteiger charge is 2.21. The molecule has 0 spiro atoms. The van der Waals surface area contributed by atoms with Gasteiger partial charge in [0.15, 0.2) is 0 Å². The van der Waals surface area contributed by atoms with Gasteiger partial charge >= 0.3 is 0 Å². The number of terminal acetylenes is 1. The lowest BCUT2D eigenvalue weighted by Crippen LogP contribution is -2.42. The maximum atomic E-state index is 12.3. The van der Waals surface area contributed by atoms with Crippen molar-refractivity contribution >= 4 is 15.9 Å². The molecule has 0 saturated carbocycles. The molecule has 0 radical (unpaired) electrons. The number of benzene rings is 1. The van der Waals surface area contributed by atoms with E-state index in [2.05, 4.69) is 27.8 Å². The maximum Gasteiger partial charge on any atom is 0.251 e. The van der Waals surface area contributed by atoms with Crippen LogP contribution in [0, 0.1) is 12.3 Å². The average Bonchev–Trinajstić information content (AvgIpc) is 3.15. The third kappa shape index (κ3) is 5.30. The first-order chi connectivity index (χ1) is 12.0. The van der Waals surface area contributed by atoms with Crippen LogP contribution >= 0.6 is 0 Å². The van der Waals surface area contributed by atoms with Gasteiger partial charge in [0.2, 0.25) is 10.0 Å². The number of carbonyl (C=O) groups excluding carboxylic acids is 1. The van der Waals surface area contributed by atoms with Crippen LogP contribution in [-0.2, 0) is 10.0 Å². The minimum atomic E-state index is -3.64. The fraction of sp³-hybridized carbons (Fsp3) is 0.500. The lowest BCUT2D eigenvalue weighted by molar-refractivity contribution is 0.0937. The summed E-state index contributed by atoms with van der Waals surface area (Å²) in [5.41, 5.74) is 0.437. The van der Waals surface area contributed by atoms with E-state index >= 15 is 0 Å². The quantitative estimate of drug-likeness (QED) is 0.681. The zero-order valence-electron chi connectivity index (χ0n) is 14.5. The molecular weight excluding hydrogens is 338 g/mol. The Morgan fingerprint density at radius 2 is 1.92 bits per heavy atom. The van der Waals surface area contributed by atoms with Gasteiger partial charge < -0.3 is 5.32 Å². The molecule has 1 aliphatic rings. The highest BCUT2D eigenvalue weighted by molar-refractivity contribution is 7.89.